The van der Waals surface area contributed by atoms with Crippen LogP contribution in [0.25, 0.3) is 0 Å². The first-order chi connectivity index (χ1) is 16.9. The number of carboxylic acid groups (broad SMARTS) is 1. The van der Waals surface area contributed by atoms with E-state index in [2.05, 4.69) is 12.1 Å². The molecule has 7 heteroatoms. The summed E-state index contributed by atoms with van der Waals surface area (Å²) < 4.78 is 31.8. The maximum atomic E-state index is 13.0. The lowest BCUT2D eigenvalue weighted by atomic mass is 10.1. The molecule has 0 aromatic heterocycles. The van der Waals surface area contributed by atoms with Crippen LogP contribution < -0.4 is 4.74 Å². The summed E-state index contributed by atoms with van der Waals surface area (Å²) in [5.41, 5.74) is 1.47. The smallest absolute Gasteiger partial charge is 0.336 e. The highest BCUT2D eigenvalue weighted by Gasteiger charge is 2.20. The molecule has 0 saturated carbocycles. The zero-order chi connectivity index (χ0) is 24.7. The molecule has 1 N–H and O–H groups in total. The minimum Gasteiger partial charge on any atom is -0.478 e. The zero-order valence-corrected chi connectivity index (χ0v) is 20.5. The Hall–Kier alpha value is -3.55. The van der Waals surface area contributed by atoms with Gasteiger partial charge in [0, 0.05) is 10.6 Å². The van der Waals surface area contributed by atoms with Gasteiger partial charge in [0.15, 0.2) is 9.84 Å². The number of para-hydroxylation sites is 1. The summed E-state index contributed by atoms with van der Waals surface area (Å²) >= 11 is 1.55. The van der Waals surface area contributed by atoms with Crippen molar-refractivity contribution in [3.63, 3.8) is 0 Å². The quantitative estimate of drug-likeness (QED) is 0.249. The van der Waals surface area contributed by atoms with Crippen molar-refractivity contribution in [3.05, 3.63) is 120 Å². The molecule has 0 spiro atoms. The molecule has 0 bridgehead atoms. The van der Waals surface area contributed by atoms with Crippen LogP contribution in [0, 0.1) is 0 Å². The molecule has 4 aromatic rings. The molecule has 0 heterocycles. The standard InChI is InChI=1S/C28H24O5S2/c29-28(30)27-19-25(34-18-17-21-7-3-1-4-8-21)14-11-22(27)20-35(31,32)26-15-12-24(13-16-26)33-23-9-5-2-6-10-23/h1-16,19H,17-18,20H2,(H,29,30). The molecule has 0 saturated heterocycles. The van der Waals surface area contributed by atoms with Crippen LogP contribution >= 0.6 is 11.8 Å². The highest BCUT2D eigenvalue weighted by Crippen LogP contribution is 2.27. The fourth-order valence-electron chi connectivity index (χ4n) is 3.53. The van der Waals surface area contributed by atoms with E-state index in [1.54, 1.807) is 42.1 Å². The summed E-state index contributed by atoms with van der Waals surface area (Å²) in [6, 6.07) is 30.3. The number of hydrogen-bond acceptors (Lipinski definition) is 5. The van der Waals surface area contributed by atoms with Crippen molar-refractivity contribution in [2.45, 2.75) is 22.0 Å². The lowest BCUT2D eigenvalue weighted by Crippen LogP contribution is -2.10. The Kier molecular flexibility index (Phi) is 7.90. The van der Waals surface area contributed by atoms with Gasteiger partial charge in [0.25, 0.3) is 0 Å². The summed E-state index contributed by atoms with van der Waals surface area (Å²) in [6.45, 7) is 0. The van der Waals surface area contributed by atoms with E-state index in [4.69, 9.17) is 4.74 Å². The SMILES string of the molecule is O=C(O)c1cc(SCCc2ccccc2)ccc1CS(=O)(=O)c1ccc(Oc2ccccc2)cc1. The van der Waals surface area contributed by atoms with Gasteiger partial charge in [-0.15, -0.1) is 11.8 Å². The highest BCUT2D eigenvalue weighted by atomic mass is 32.2. The largest absolute Gasteiger partial charge is 0.478 e. The van der Waals surface area contributed by atoms with Crippen molar-refractivity contribution >= 4 is 27.6 Å². The molecule has 35 heavy (non-hydrogen) atoms. The van der Waals surface area contributed by atoms with Crippen molar-refractivity contribution in [2.24, 2.45) is 0 Å². The van der Waals surface area contributed by atoms with Crippen molar-refractivity contribution in [2.75, 3.05) is 5.75 Å². The Morgan fingerprint density at radius 2 is 1.43 bits per heavy atom. The van der Waals surface area contributed by atoms with Gasteiger partial charge in [-0.2, -0.15) is 0 Å². The first kappa shape index (κ1) is 24.6. The van der Waals surface area contributed by atoms with Crippen molar-refractivity contribution in [3.8, 4) is 11.5 Å². The molecule has 0 radical (unpaired) electrons. The van der Waals surface area contributed by atoms with E-state index in [9.17, 15) is 18.3 Å². The summed E-state index contributed by atoms with van der Waals surface area (Å²) in [5, 5.41) is 9.72. The fraction of sp³-hybridized carbons (Fsp3) is 0.107. The number of hydrogen-bond donors (Lipinski definition) is 1. The van der Waals surface area contributed by atoms with Gasteiger partial charge in [0.2, 0.25) is 0 Å². The molecule has 0 aliphatic carbocycles. The van der Waals surface area contributed by atoms with Gasteiger partial charge < -0.3 is 9.84 Å². The van der Waals surface area contributed by atoms with Crippen LogP contribution in [0.4, 0.5) is 0 Å². The summed E-state index contributed by atoms with van der Waals surface area (Å²) in [6.07, 6.45) is 0.855. The topological polar surface area (TPSA) is 80.7 Å². The molecule has 4 rings (SSSR count). The van der Waals surface area contributed by atoms with Crippen molar-refractivity contribution in [1.82, 2.24) is 0 Å². The van der Waals surface area contributed by atoms with Crippen LogP contribution in [0.5, 0.6) is 11.5 Å². The van der Waals surface area contributed by atoms with E-state index in [1.165, 1.54) is 17.7 Å². The van der Waals surface area contributed by atoms with Gasteiger partial charge >= 0.3 is 5.97 Å². The van der Waals surface area contributed by atoms with E-state index < -0.39 is 21.6 Å². The van der Waals surface area contributed by atoms with Gasteiger partial charge in [0.1, 0.15) is 11.5 Å². The lowest BCUT2D eigenvalue weighted by molar-refractivity contribution is 0.0695. The number of carbonyl (C=O) groups is 1. The third-order valence-electron chi connectivity index (χ3n) is 5.32. The maximum Gasteiger partial charge on any atom is 0.336 e. The molecular formula is C28H24O5S2. The molecule has 0 amide bonds. The molecule has 0 atom stereocenters. The van der Waals surface area contributed by atoms with Gasteiger partial charge in [-0.3, -0.25) is 0 Å². The van der Waals surface area contributed by atoms with Crippen LogP contribution in [-0.2, 0) is 22.0 Å². The van der Waals surface area contributed by atoms with E-state index in [0.717, 1.165) is 17.1 Å². The third kappa shape index (κ3) is 6.74. The van der Waals surface area contributed by atoms with Gasteiger partial charge in [-0.1, -0.05) is 54.6 Å². The van der Waals surface area contributed by atoms with E-state index in [-0.39, 0.29) is 16.0 Å². The van der Waals surface area contributed by atoms with Crippen molar-refractivity contribution < 1.29 is 23.1 Å². The Morgan fingerprint density at radius 3 is 2.09 bits per heavy atom. The number of ether oxygens (including phenoxy) is 1. The minimum atomic E-state index is -3.75. The van der Waals surface area contributed by atoms with Crippen LogP contribution in [0.1, 0.15) is 21.5 Å². The summed E-state index contributed by atoms with van der Waals surface area (Å²) in [7, 11) is -3.75. The molecule has 178 valence electrons. The van der Waals surface area contributed by atoms with Crippen molar-refractivity contribution in [1.29, 1.82) is 0 Å². The summed E-state index contributed by atoms with van der Waals surface area (Å²) in [5.74, 6) is 0.405. The van der Waals surface area contributed by atoms with E-state index in [1.807, 2.05) is 48.5 Å². The maximum absolute atomic E-state index is 13.0. The second kappa shape index (κ2) is 11.3. The number of thioether (sulfide) groups is 1. The summed E-state index contributed by atoms with van der Waals surface area (Å²) in [4.78, 5) is 12.8. The van der Waals surface area contributed by atoms with Crippen LogP contribution in [0.3, 0.4) is 0 Å². The molecule has 4 aromatic carbocycles. The molecule has 0 fully saturated rings. The van der Waals surface area contributed by atoms with Crippen LogP contribution in [-0.4, -0.2) is 25.2 Å². The van der Waals surface area contributed by atoms with Crippen LogP contribution in [0.15, 0.2) is 113 Å². The third-order valence-corrected chi connectivity index (χ3v) is 8.00. The van der Waals surface area contributed by atoms with Gasteiger partial charge in [-0.05, 0) is 66.1 Å². The first-order valence-corrected chi connectivity index (χ1v) is 13.6. The zero-order valence-electron chi connectivity index (χ0n) is 18.8. The van der Waals surface area contributed by atoms with E-state index >= 15 is 0 Å². The fourth-order valence-corrected chi connectivity index (χ4v) is 5.85. The lowest BCUT2D eigenvalue weighted by Gasteiger charge is -2.11. The number of rotatable bonds is 10. The number of aromatic carboxylic acids is 1. The molecule has 5 nitrogen and oxygen atoms in total. The Morgan fingerprint density at radius 1 is 0.800 bits per heavy atom. The predicted octanol–water partition coefficient (Wildman–Crippen LogP) is 6.49. The predicted molar refractivity (Wildman–Crippen MR) is 138 cm³/mol. The monoisotopic (exact) mass is 504 g/mol. The Labute approximate surface area is 209 Å². The molecule has 0 unspecified atom stereocenters. The van der Waals surface area contributed by atoms with E-state index in [0.29, 0.717) is 11.5 Å². The number of aryl methyl sites for hydroxylation is 1. The Bertz CT molecular complexity index is 1380. The molecule has 0 aliphatic heterocycles. The normalized spacial score (nSPS) is 11.2. The minimum absolute atomic E-state index is 0.00215. The number of carboxylic acids is 1. The van der Waals surface area contributed by atoms with Gasteiger partial charge in [0.05, 0.1) is 16.2 Å². The van der Waals surface area contributed by atoms with Gasteiger partial charge in [-0.25, -0.2) is 13.2 Å². The molecular weight excluding hydrogens is 480 g/mol. The second-order valence-corrected chi connectivity index (χ2v) is 11.0. The number of benzene rings is 4. The number of sulfone groups is 1. The first-order valence-electron chi connectivity index (χ1n) is 11.0. The Balaban J connectivity index is 1.45. The molecule has 0 aliphatic rings. The average molecular weight is 505 g/mol. The second-order valence-electron chi connectivity index (χ2n) is 7.85. The van der Waals surface area contributed by atoms with Crippen LogP contribution in [0.2, 0.25) is 0 Å². The highest BCUT2D eigenvalue weighted by molar-refractivity contribution is 7.99. The average Bonchev–Trinajstić information content (AvgIpc) is 2.86.